The monoisotopic (exact) mass is 359 g/mol. The first kappa shape index (κ1) is 14.4. The van der Waals surface area contributed by atoms with Crippen molar-refractivity contribution in [2.24, 2.45) is 0 Å². The third-order valence-electron chi connectivity index (χ3n) is 3.04. The first-order chi connectivity index (χ1) is 10.2. The van der Waals surface area contributed by atoms with Crippen LogP contribution in [0, 0.1) is 6.92 Å². The zero-order valence-corrected chi connectivity index (χ0v) is 13.9. The molecule has 21 heavy (non-hydrogen) atoms. The highest BCUT2D eigenvalue weighted by Gasteiger charge is 2.06. The molecule has 0 bridgehead atoms. The van der Waals surface area contributed by atoms with Crippen LogP contribution in [0.5, 0.6) is 0 Å². The van der Waals surface area contributed by atoms with Crippen molar-refractivity contribution >= 4 is 27.7 Å². The van der Waals surface area contributed by atoms with Gasteiger partial charge < -0.3 is 0 Å². The van der Waals surface area contributed by atoms with Gasteiger partial charge in [0, 0.05) is 15.8 Å². The third-order valence-corrected chi connectivity index (χ3v) is 4.48. The van der Waals surface area contributed by atoms with Gasteiger partial charge in [0.25, 0.3) is 0 Å². The Kier molecular flexibility index (Phi) is 4.41. The Bertz CT molecular complexity index is 737. The van der Waals surface area contributed by atoms with Crippen LogP contribution >= 0.6 is 27.7 Å². The van der Waals surface area contributed by atoms with E-state index in [9.17, 15) is 0 Å². The summed E-state index contributed by atoms with van der Waals surface area (Å²) < 4.78 is 1.09. The second-order valence-corrected chi connectivity index (χ2v) is 6.61. The molecular formula is C16H14BrN3S. The molecule has 2 aromatic carbocycles. The molecule has 0 atom stereocenters. The molecule has 0 unspecified atom stereocenters. The average Bonchev–Trinajstić information content (AvgIpc) is 2.96. The van der Waals surface area contributed by atoms with Gasteiger partial charge in [-0.05, 0) is 30.7 Å². The minimum Gasteiger partial charge on any atom is -0.258 e. The van der Waals surface area contributed by atoms with Crippen molar-refractivity contribution < 1.29 is 0 Å². The molecule has 0 fully saturated rings. The van der Waals surface area contributed by atoms with E-state index in [1.165, 1.54) is 11.1 Å². The molecule has 0 saturated heterocycles. The van der Waals surface area contributed by atoms with Crippen molar-refractivity contribution in [2.45, 2.75) is 17.8 Å². The number of aromatic amines is 1. The van der Waals surface area contributed by atoms with Gasteiger partial charge in [0.2, 0.25) is 5.16 Å². The minimum absolute atomic E-state index is 0.773. The van der Waals surface area contributed by atoms with Gasteiger partial charge in [0.15, 0.2) is 5.82 Å². The molecule has 1 aromatic heterocycles. The van der Waals surface area contributed by atoms with Crippen molar-refractivity contribution in [1.82, 2.24) is 15.2 Å². The minimum atomic E-state index is 0.773. The largest absolute Gasteiger partial charge is 0.258 e. The fraction of sp³-hybridized carbons (Fsp3) is 0.125. The summed E-state index contributed by atoms with van der Waals surface area (Å²) in [6.45, 7) is 2.07. The number of hydrogen-bond acceptors (Lipinski definition) is 3. The lowest BCUT2D eigenvalue weighted by Crippen LogP contribution is -1.82. The molecule has 106 valence electrons. The van der Waals surface area contributed by atoms with Gasteiger partial charge >= 0.3 is 0 Å². The maximum atomic E-state index is 4.54. The molecule has 0 amide bonds. The normalized spacial score (nSPS) is 10.8. The van der Waals surface area contributed by atoms with Crippen LogP contribution in [0.1, 0.15) is 11.1 Å². The molecule has 0 aliphatic heterocycles. The molecule has 0 spiro atoms. The molecular weight excluding hydrogens is 346 g/mol. The molecule has 3 rings (SSSR count). The molecule has 5 heteroatoms. The molecule has 0 radical (unpaired) electrons. The maximum Gasteiger partial charge on any atom is 0.209 e. The molecule has 1 heterocycles. The van der Waals surface area contributed by atoms with Crippen molar-refractivity contribution in [2.75, 3.05) is 0 Å². The van der Waals surface area contributed by atoms with Crippen molar-refractivity contribution in [3.63, 3.8) is 0 Å². The molecule has 0 aliphatic carbocycles. The van der Waals surface area contributed by atoms with Crippen LogP contribution in [0.2, 0.25) is 0 Å². The van der Waals surface area contributed by atoms with Crippen LogP contribution in [0.3, 0.4) is 0 Å². The van der Waals surface area contributed by atoms with Crippen molar-refractivity contribution in [1.29, 1.82) is 0 Å². The van der Waals surface area contributed by atoms with Gasteiger partial charge in [-0.2, -0.15) is 0 Å². The van der Waals surface area contributed by atoms with Gasteiger partial charge in [-0.15, -0.1) is 5.10 Å². The van der Waals surface area contributed by atoms with Gasteiger partial charge in [0.1, 0.15) is 0 Å². The van der Waals surface area contributed by atoms with Crippen LogP contribution in [-0.4, -0.2) is 15.2 Å². The number of nitrogens with zero attached hydrogens (tertiary/aromatic N) is 2. The second-order valence-electron chi connectivity index (χ2n) is 4.75. The number of aryl methyl sites for hydroxylation is 1. The maximum absolute atomic E-state index is 4.54. The zero-order chi connectivity index (χ0) is 14.7. The SMILES string of the molecule is Cc1cccc(-c2nc(SCc3ccc(Br)cc3)n[nH]2)c1. The van der Waals surface area contributed by atoms with E-state index in [0.717, 1.165) is 26.8 Å². The summed E-state index contributed by atoms with van der Waals surface area (Å²) in [5, 5.41) is 8.05. The van der Waals surface area contributed by atoms with Gasteiger partial charge in [-0.25, -0.2) is 4.98 Å². The quantitative estimate of drug-likeness (QED) is 0.678. The van der Waals surface area contributed by atoms with E-state index in [0.29, 0.717) is 0 Å². The Morgan fingerprint density at radius 2 is 1.95 bits per heavy atom. The molecule has 0 saturated carbocycles. The number of aromatic nitrogens is 3. The summed E-state index contributed by atoms with van der Waals surface area (Å²) in [4.78, 5) is 4.54. The lowest BCUT2D eigenvalue weighted by molar-refractivity contribution is 0.973. The van der Waals surface area contributed by atoms with Crippen LogP contribution in [0.25, 0.3) is 11.4 Å². The van der Waals surface area contributed by atoms with E-state index < -0.39 is 0 Å². The number of nitrogens with one attached hydrogen (secondary N) is 1. The zero-order valence-electron chi connectivity index (χ0n) is 11.5. The predicted molar refractivity (Wildman–Crippen MR) is 90.3 cm³/mol. The van der Waals surface area contributed by atoms with E-state index in [1.54, 1.807) is 11.8 Å². The Balaban J connectivity index is 1.69. The topological polar surface area (TPSA) is 41.6 Å². The number of thioether (sulfide) groups is 1. The molecule has 1 N–H and O–H groups in total. The average molecular weight is 360 g/mol. The highest BCUT2D eigenvalue weighted by atomic mass is 79.9. The van der Waals surface area contributed by atoms with E-state index in [4.69, 9.17) is 0 Å². The molecule has 0 aliphatic rings. The number of hydrogen-bond donors (Lipinski definition) is 1. The summed E-state index contributed by atoms with van der Waals surface area (Å²) >= 11 is 5.07. The lowest BCUT2D eigenvalue weighted by atomic mass is 10.1. The summed E-state index contributed by atoms with van der Waals surface area (Å²) in [6, 6.07) is 16.5. The number of halogens is 1. The summed E-state index contributed by atoms with van der Waals surface area (Å²) in [5.41, 5.74) is 3.54. The highest BCUT2D eigenvalue weighted by Crippen LogP contribution is 2.23. The molecule has 3 aromatic rings. The van der Waals surface area contributed by atoms with E-state index in [1.807, 2.05) is 24.3 Å². The summed E-state index contributed by atoms with van der Waals surface area (Å²) in [6.07, 6.45) is 0. The third kappa shape index (κ3) is 3.74. The fourth-order valence-electron chi connectivity index (χ4n) is 1.96. The first-order valence-electron chi connectivity index (χ1n) is 6.57. The second kappa shape index (κ2) is 6.45. The highest BCUT2D eigenvalue weighted by molar-refractivity contribution is 9.10. The van der Waals surface area contributed by atoms with Crippen molar-refractivity contribution in [3.05, 3.63) is 64.1 Å². The van der Waals surface area contributed by atoms with Crippen LogP contribution in [0.4, 0.5) is 0 Å². The van der Waals surface area contributed by atoms with E-state index in [-0.39, 0.29) is 0 Å². The number of rotatable bonds is 4. The standard InChI is InChI=1S/C16H14BrN3S/c1-11-3-2-4-13(9-11)15-18-16(20-19-15)21-10-12-5-7-14(17)8-6-12/h2-9H,10H2,1H3,(H,18,19,20). The van der Waals surface area contributed by atoms with E-state index >= 15 is 0 Å². The van der Waals surface area contributed by atoms with Gasteiger partial charge in [-0.3, -0.25) is 5.10 Å². The Labute approximate surface area is 136 Å². The Hall–Kier alpha value is -1.59. The van der Waals surface area contributed by atoms with Crippen molar-refractivity contribution in [3.8, 4) is 11.4 Å². The summed E-state index contributed by atoms with van der Waals surface area (Å²) in [7, 11) is 0. The predicted octanol–water partition coefficient (Wildman–Crippen LogP) is 4.83. The molecule has 3 nitrogen and oxygen atoms in total. The van der Waals surface area contributed by atoms with Gasteiger partial charge in [0.05, 0.1) is 0 Å². The number of benzene rings is 2. The Morgan fingerprint density at radius 1 is 1.14 bits per heavy atom. The van der Waals surface area contributed by atoms with Crippen LogP contribution in [0.15, 0.2) is 58.2 Å². The number of H-pyrrole nitrogens is 1. The summed E-state index contributed by atoms with van der Waals surface area (Å²) in [5.74, 6) is 1.68. The van der Waals surface area contributed by atoms with Gasteiger partial charge in [-0.1, -0.05) is 63.6 Å². The first-order valence-corrected chi connectivity index (χ1v) is 8.35. The smallest absolute Gasteiger partial charge is 0.209 e. The lowest BCUT2D eigenvalue weighted by Gasteiger charge is -1.98. The van der Waals surface area contributed by atoms with Crippen LogP contribution < -0.4 is 0 Å². The van der Waals surface area contributed by atoms with Crippen LogP contribution in [-0.2, 0) is 5.75 Å². The fourth-order valence-corrected chi connectivity index (χ4v) is 2.98. The van der Waals surface area contributed by atoms with E-state index in [2.05, 4.69) is 62.3 Å². The Morgan fingerprint density at radius 3 is 2.71 bits per heavy atom.